The van der Waals surface area contributed by atoms with Crippen LogP contribution in [0.3, 0.4) is 0 Å². The summed E-state index contributed by atoms with van der Waals surface area (Å²) in [6, 6.07) is 10.6. The normalized spacial score (nSPS) is 22.1. The van der Waals surface area contributed by atoms with Crippen LogP contribution in [0.1, 0.15) is 32.6 Å². The molecule has 144 valence electrons. The molecular formula is C20H25N3O3S. The third-order valence-corrected chi connectivity index (χ3v) is 8.03. The molecule has 2 aliphatic rings. The van der Waals surface area contributed by atoms with Gasteiger partial charge in [0.25, 0.3) is 0 Å². The summed E-state index contributed by atoms with van der Waals surface area (Å²) >= 11 is 0. The molecule has 4 rings (SSSR count). The van der Waals surface area contributed by atoms with Crippen molar-refractivity contribution in [2.75, 3.05) is 18.4 Å². The largest absolute Gasteiger partial charge is 0.330 e. The number of rotatable bonds is 4. The first-order valence-electron chi connectivity index (χ1n) is 9.40. The van der Waals surface area contributed by atoms with E-state index in [0.717, 1.165) is 31.1 Å². The summed E-state index contributed by atoms with van der Waals surface area (Å²) in [6.45, 7) is 2.44. The second kappa shape index (κ2) is 6.58. The maximum absolute atomic E-state index is 13.6. The van der Waals surface area contributed by atoms with Gasteiger partial charge in [-0.3, -0.25) is 4.79 Å². The first kappa shape index (κ1) is 18.4. The lowest BCUT2D eigenvalue weighted by Crippen LogP contribution is -2.51. The van der Waals surface area contributed by atoms with Gasteiger partial charge >= 0.3 is 0 Å². The van der Waals surface area contributed by atoms with Crippen LogP contribution in [0.2, 0.25) is 0 Å². The molecule has 0 aromatic heterocycles. The number of amides is 1. The fourth-order valence-electron chi connectivity index (χ4n) is 4.59. The monoisotopic (exact) mass is 387 g/mol. The van der Waals surface area contributed by atoms with Gasteiger partial charge in [-0.25, -0.2) is 8.42 Å². The van der Waals surface area contributed by atoms with E-state index >= 15 is 0 Å². The van der Waals surface area contributed by atoms with E-state index in [4.69, 9.17) is 5.73 Å². The molecule has 2 aromatic rings. The highest BCUT2D eigenvalue weighted by Gasteiger charge is 2.54. The van der Waals surface area contributed by atoms with Crippen LogP contribution in [0.5, 0.6) is 0 Å². The van der Waals surface area contributed by atoms with Crippen molar-refractivity contribution in [1.29, 1.82) is 0 Å². The summed E-state index contributed by atoms with van der Waals surface area (Å²) in [5.74, 6) is 0.0273. The van der Waals surface area contributed by atoms with E-state index in [-0.39, 0.29) is 17.4 Å². The van der Waals surface area contributed by atoms with Crippen LogP contribution in [-0.2, 0) is 14.8 Å². The number of nitrogens with one attached hydrogen (secondary N) is 1. The third kappa shape index (κ3) is 2.94. The second-order valence-corrected chi connectivity index (χ2v) is 9.59. The van der Waals surface area contributed by atoms with Crippen LogP contribution in [-0.4, -0.2) is 37.3 Å². The molecule has 1 spiro atoms. The number of sulfonamides is 1. The standard InChI is InChI=1S/C20H25N3O3S/c1-14(24)22-18-7-8-19(17-6-3-2-5-16(17)18)27(25,26)23-13-15(12-21)11-20(23)9-4-10-20/h2-3,5-8,15H,4,9-13,21H2,1H3,(H,22,24). The van der Waals surface area contributed by atoms with E-state index in [1.54, 1.807) is 22.5 Å². The summed E-state index contributed by atoms with van der Waals surface area (Å²) < 4.78 is 29.0. The fraction of sp³-hybridized carbons (Fsp3) is 0.450. The number of hydrogen-bond acceptors (Lipinski definition) is 4. The highest BCUT2D eigenvalue weighted by Crippen LogP contribution is 2.50. The summed E-state index contributed by atoms with van der Waals surface area (Å²) in [5.41, 5.74) is 6.23. The van der Waals surface area contributed by atoms with E-state index in [0.29, 0.717) is 29.1 Å². The number of nitrogens with zero attached hydrogens (tertiary/aromatic N) is 1. The number of nitrogens with two attached hydrogens (primary N) is 1. The van der Waals surface area contributed by atoms with Gasteiger partial charge in [-0.1, -0.05) is 24.3 Å². The van der Waals surface area contributed by atoms with Crippen LogP contribution < -0.4 is 11.1 Å². The number of benzene rings is 2. The van der Waals surface area contributed by atoms with Crippen molar-refractivity contribution >= 4 is 32.4 Å². The summed E-state index contributed by atoms with van der Waals surface area (Å²) in [5, 5.41) is 4.15. The van der Waals surface area contributed by atoms with Crippen molar-refractivity contribution < 1.29 is 13.2 Å². The van der Waals surface area contributed by atoms with Gasteiger partial charge in [0.15, 0.2) is 0 Å². The molecule has 2 aromatic carbocycles. The number of hydrogen-bond donors (Lipinski definition) is 2. The summed E-state index contributed by atoms with van der Waals surface area (Å²) in [4.78, 5) is 11.8. The Morgan fingerprint density at radius 3 is 2.52 bits per heavy atom. The Kier molecular flexibility index (Phi) is 4.49. The molecule has 0 radical (unpaired) electrons. The molecule has 1 atom stereocenters. The SMILES string of the molecule is CC(=O)Nc1ccc(S(=O)(=O)N2CC(CN)CC23CCC3)c2ccccc12. The van der Waals surface area contributed by atoms with Crippen LogP contribution in [0.15, 0.2) is 41.3 Å². The molecule has 1 amide bonds. The van der Waals surface area contributed by atoms with Crippen LogP contribution in [0.4, 0.5) is 5.69 Å². The zero-order valence-corrected chi connectivity index (χ0v) is 16.3. The lowest BCUT2D eigenvalue weighted by atomic mass is 9.74. The Bertz CT molecular complexity index is 999. The van der Waals surface area contributed by atoms with Crippen molar-refractivity contribution in [3.05, 3.63) is 36.4 Å². The van der Waals surface area contributed by atoms with E-state index in [2.05, 4.69) is 5.32 Å². The first-order valence-corrected chi connectivity index (χ1v) is 10.8. The van der Waals surface area contributed by atoms with Crippen molar-refractivity contribution in [2.45, 2.75) is 43.0 Å². The van der Waals surface area contributed by atoms with Crippen LogP contribution >= 0.6 is 0 Å². The molecule has 1 aliphatic carbocycles. The van der Waals surface area contributed by atoms with Crippen molar-refractivity contribution in [2.24, 2.45) is 11.7 Å². The van der Waals surface area contributed by atoms with Crippen LogP contribution in [0, 0.1) is 5.92 Å². The maximum atomic E-state index is 13.6. The Labute approximate surface area is 159 Å². The molecule has 0 bridgehead atoms. The van der Waals surface area contributed by atoms with Gasteiger partial charge in [0, 0.05) is 35.5 Å². The molecule has 1 heterocycles. The molecule has 1 saturated heterocycles. The average Bonchev–Trinajstić information content (AvgIpc) is 3.03. The lowest BCUT2D eigenvalue weighted by molar-refractivity contribution is -0.114. The third-order valence-electron chi connectivity index (χ3n) is 6.00. The zero-order chi connectivity index (χ0) is 19.2. The van der Waals surface area contributed by atoms with Gasteiger partial charge in [-0.15, -0.1) is 0 Å². The smallest absolute Gasteiger partial charge is 0.244 e. The minimum Gasteiger partial charge on any atom is -0.330 e. The quantitative estimate of drug-likeness (QED) is 0.844. The molecule has 1 unspecified atom stereocenters. The number of carbonyl (C=O) groups excluding carboxylic acids is 1. The molecule has 7 heteroatoms. The Balaban J connectivity index is 1.83. The minimum atomic E-state index is -3.66. The Morgan fingerprint density at radius 2 is 1.93 bits per heavy atom. The summed E-state index contributed by atoms with van der Waals surface area (Å²) in [7, 11) is -3.66. The maximum Gasteiger partial charge on any atom is 0.244 e. The second-order valence-electron chi connectivity index (χ2n) is 7.76. The van der Waals surface area contributed by atoms with Crippen molar-refractivity contribution in [1.82, 2.24) is 4.31 Å². The van der Waals surface area contributed by atoms with Gasteiger partial charge < -0.3 is 11.1 Å². The van der Waals surface area contributed by atoms with E-state index < -0.39 is 10.0 Å². The highest BCUT2D eigenvalue weighted by molar-refractivity contribution is 7.89. The van der Waals surface area contributed by atoms with Gasteiger partial charge in [0.1, 0.15) is 0 Å². The molecule has 6 nitrogen and oxygen atoms in total. The molecule has 1 saturated carbocycles. The van der Waals surface area contributed by atoms with Gasteiger partial charge in [-0.05, 0) is 50.3 Å². The van der Waals surface area contributed by atoms with Crippen LogP contribution in [0.25, 0.3) is 10.8 Å². The lowest BCUT2D eigenvalue weighted by Gasteiger charge is -2.45. The molecule has 1 aliphatic heterocycles. The zero-order valence-electron chi connectivity index (χ0n) is 15.4. The molecule has 3 N–H and O–H groups in total. The minimum absolute atomic E-state index is 0.186. The Morgan fingerprint density at radius 1 is 1.22 bits per heavy atom. The van der Waals surface area contributed by atoms with Gasteiger partial charge in [-0.2, -0.15) is 4.31 Å². The number of fused-ring (bicyclic) bond motifs is 1. The number of carbonyl (C=O) groups is 1. The fourth-order valence-corrected chi connectivity index (χ4v) is 6.70. The first-order chi connectivity index (χ1) is 12.9. The predicted octanol–water partition coefficient (Wildman–Crippen LogP) is 2.69. The summed E-state index contributed by atoms with van der Waals surface area (Å²) in [6.07, 6.45) is 3.73. The Hall–Kier alpha value is -1.96. The van der Waals surface area contributed by atoms with Crippen molar-refractivity contribution in [3.8, 4) is 0 Å². The van der Waals surface area contributed by atoms with Gasteiger partial charge in [0.05, 0.1) is 4.90 Å². The molecule has 27 heavy (non-hydrogen) atoms. The van der Waals surface area contributed by atoms with E-state index in [9.17, 15) is 13.2 Å². The highest BCUT2D eigenvalue weighted by atomic mass is 32.2. The molecule has 2 fully saturated rings. The average molecular weight is 388 g/mol. The van der Waals surface area contributed by atoms with E-state index in [1.807, 2.05) is 18.2 Å². The van der Waals surface area contributed by atoms with E-state index in [1.165, 1.54) is 6.92 Å². The number of anilines is 1. The topological polar surface area (TPSA) is 92.5 Å². The van der Waals surface area contributed by atoms with Gasteiger partial charge in [0.2, 0.25) is 15.9 Å². The van der Waals surface area contributed by atoms with Crippen molar-refractivity contribution in [3.63, 3.8) is 0 Å². The predicted molar refractivity (Wildman–Crippen MR) is 106 cm³/mol. The molecular weight excluding hydrogens is 362 g/mol.